The third-order valence-corrected chi connectivity index (χ3v) is 5.57. The molecule has 0 fully saturated rings. The van der Waals surface area contributed by atoms with E-state index in [0.29, 0.717) is 5.56 Å². The van der Waals surface area contributed by atoms with Crippen LogP contribution in [0.5, 0.6) is 0 Å². The van der Waals surface area contributed by atoms with Gasteiger partial charge in [-0.05, 0) is 53.8 Å². The third-order valence-electron chi connectivity index (χ3n) is 5.57. The minimum Gasteiger partial charge on any atom is -0.481 e. The molecule has 7 nitrogen and oxygen atoms in total. The Morgan fingerprint density at radius 1 is 1.03 bits per heavy atom. The number of carbonyl (C=O) groups excluding carboxylic acids is 1. The molecule has 1 heterocycles. The zero-order chi connectivity index (χ0) is 24.0. The summed E-state index contributed by atoms with van der Waals surface area (Å²) in [6, 6.07) is 16.5. The van der Waals surface area contributed by atoms with Crippen molar-refractivity contribution in [1.29, 1.82) is 0 Å². The average molecular weight is 449 g/mol. The number of rotatable bonds is 9. The quantitative estimate of drug-likeness (QED) is 0.521. The monoisotopic (exact) mass is 448 g/mol. The molecule has 0 saturated carbocycles. The zero-order valence-electron chi connectivity index (χ0n) is 18.9. The summed E-state index contributed by atoms with van der Waals surface area (Å²) in [6.07, 6.45) is 1.21. The molecule has 2 atom stereocenters. The summed E-state index contributed by atoms with van der Waals surface area (Å²) < 4.78 is 6.45. The molecule has 0 aliphatic rings. The highest BCUT2D eigenvalue weighted by atomic mass is 16.5. The van der Waals surface area contributed by atoms with Gasteiger partial charge in [-0.3, -0.25) is 14.4 Å². The van der Waals surface area contributed by atoms with E-state index in [2.05, 4.69) is 5.32 Å². The fourth-order valence-corrected chi connectivity index (χ4v) is 4.01. The van der Waals surface area contributed by atoms with Crippen molar-refractivity contribution in [3.05, 3.63) is 93.9 Å². The van der Waals surface area contributed by atoms with Gasteiger partial charge in [0.15, 0.2) is 0 Å². The lowest BCUT2D eigenvalue weighted by Crippen LogP contribution is -2.41. The number of hydrogen-bond acceptors (Lipinski definition) is 4. The van der Waals surface area contributed by atoms with Crippen molar-refractivity contribution in [2.45, 2.75) is 32.4 Å². The van der Waals surface area contributed by atoms with E-state index in [1.807, 2.05) is 50.2 Å². The molecule has 33 heavy (non-hydrogen) atoms. The van der Waals surface area contributed by atoms with Crippen molar-refractivity contribution in [1.82, 2.24) is 9.88 Å². The van der Waals surface area contributed by atoms with Gasteiger partial charge in [-0.1, -0.05) is 42.5 Å². The summed E-state index contributed by atoms with van der Waals surface area (Å²) in [5, 5.41) is 12.3. The number of aryl methyl sites for hydroxylation is 2. The standard InChI is InChI=1S/C26H28N2O5/c1-17-8-6-9-18(2)25(17)20-11-7-10-19(14-20)21(15-24(30)31)27-26(32)22(16-33-3)28-13-5-4-12-23(28)29/h4-14,21-22H,15-16H2,1-3H3,(H,27,32)(H,30,31)/t21-,22-/m0/s1. The summed E-state index contributed by atoms with van der Waals surface area (Å²) in [5.74, 6) is -1.54. The largest absolute Gasteiger partial charge is 0.481 e. The van der Waals surface area contributed by atoms with Gasteiger partial charge in [0.1, 0.15) is 6.04 Å². The molecule has 0 unspecified atom stereocenters. The van der Waals surface area contributed by atoms with Crippen LogP contribution in [0.4, 0.5) is 0 Å². The second-order valence-electron chi connectivity index (χ2n) is 7.97. The molecular formula is C26H28N2O5. The van der Waals surface area contributed by atoms with Gasteiger partial charge in [-0.2, -0.15) is 0 Å². The number of carbonyl (C=O) groups is 2. The van der Waals surface area contributed by atoms with E-state index in [-0.39, 0.29) is 18.6 Å². The third kappa shape index (κ3) is 5.75. The maximum Gasteiger partial charge on any atom is 0.305 e. The van der Waals surface area contributed by atoms with Crippen LogP contribution < -0.4 is 10.9 Å². The Balaban J connectivity index is 1.96. The number of carboxylic acid groups (broad SMARTS) is 1. The number of nitrogens with zero attached hydrogens (tertiary/aromatic N) is 1. The number of pyridine rings is 1. The Bertz CT molecular complexity index is 1180. The number of amides is 1. The molecule has 2 N–H and O–H groups in total. The van der Waals surface area contributed by atoms with Crippen LogP contribution in [0.15, 0.2) is 71.7 Å². The van der Waals surface area contributed by atoms with Crippen LogP contribution in [-0.4, -0.2) is 35.3 Å². The number of aliphatic carboxylic acids is 1. The molecule has 0 saturated heterocycles. The lowest BCUT2D eigenvalue weighted by molar-refractivity contribution is -0.138. The molecule has 0 spiro atoms. The van der Waals surface area contributed by atoms with Gasteiger partial charge < -0.3 is 19.7 Å². The Labute approximate surface area is 192 Å². The number of hydrogen-bond donors (Lipinski definition) is 2. The number of nitrogens with one attached hydrogen (secondary N) is 1. The molecule has 172 valence electrons. The van der Waals surface area contributed by atoms with Crippen LogP contribution in [0.2, 0.25) is 0 Å². The SMILES string of the molecule is COC[C@@H](C(=O)N[C@@H](CC(=O)O)c1cccc(-c2c(C)cccc2C)c1)n1ccccc1=O. The predicted molar refractivity (Wildman–Crippen MR) is 126 cm³/mol. The van der Waals surface area contributed by atoms with Crippen molar-refractivity contribution >= 4 is 11.9 Å². The molecule has 0 radical (unpaired) electrons. The van der Waals surface area contributed by atoms with E-state index in [4.69, 9.17) is 4.74 Å². The molecule has 7 heteroatoms. The Kier molecular flexibility index (Phi) is 7.79. The molecule has 1 aromatic heterocycles. The minimum atomic E-state index is -1.04. The van der Waals surface area contributed by atoms with E-state index >= 15 is 0 Å². The summed E-state index contributed by atoms with van der Waals surface area (Å²) >= 11 is 0. The highest BCUT2D eigenvalue weighted by molar-refractivity contribution is 5.82. The van der Waals surface area contributed by atoms with Crippen molar-refractivity contribution in [2.24, 2.45) is 0 Å². The fraction of sp³-hybridized carbons (Fsp3) is 0.269. The Morgan fingerprint density at radius 3 is 2.36 bits per heavy atom. The number of ether oxygens (including phenoxy) is 1. The molecular weight excluding hydrogens is 420 g/mol. The van der Waals surface area contributed by atoms with Crippen LogP contribution in [0, 0.1) is 13.8 Å². The van der Waals surface area contributed by atoms with Gasteiger partial charge in [0.2, 0.25) is 5.91 Å². The fourth-order valence-electron chi connectivity index (χ4n) is 4.01. The smallest absolute Gasteiger partial charge is 0.305 e. The van der Waals surface area contributed by atoms with Crippen LogP contribution >= 0.6 is 0 Å². The molecule has 3 aromatic rings. The lowest BCUT2D eigenvalue weighted by Gasteiger charge is -2.24. The maximum absolute atomic E-state index is 13.2. The van der Waals surface area contributed by atoms with Gasteiger partial charge in [-0.25, -0.2) is 0 Å². The minimum absolute atomic E-state index is 0.0298. The first-order valence-corrected chi connectivity index (χ1v) is 10.7. The van der Waals surface area contributed by atoms with Crippen molar-refractivity contribution in [2.75, 3.05) is 13.7 Å². The van der Waals surface area contributed by atoms with E-state index in [0.717, 1.165) is 22.3 Å². The van der Waals surface area contributed by atoms with E-state index in [1.54, 1.807) is 18.2 Å². The average Bonchev–Trinajstić information content (AvgIpc) is 2.77. The lowest BCUT2D eigenvalue weighted by atomic mass is 9.92. The molecule has 0 aliphatic heterocycles. The van der Waals surface area contributed by atoms with E-state index in [9.17, 15) is 19.5 Å². The zero-order valence-corrected chi connectivity index (χ0v) is 18.9. The van der Waals surface area contributed by atoms with Crippen molar-refractivity contribution in [3.8, 4) is 11.1 Å². The summed E-state index contributed by atoms with van der Waals surface area (Å²) in [7, 11) is 1.44. The van der Waals surface area contributed by atoms with Crippen LogP contribution in [-0.2, 0) is 14.3 Å². The van der Waals surface area contributed by atoms with Crippen LogP contribution in [0.1, 0.15) is 35.2 Å². The maximum atomic E-state index is 13.2. The van der Waals surface area contributed by atoms with E-state index in [1.165, 1.54) is 23.9 Å². The Hall–Kier alpha value is -3.71. The summed E-state index contributed by atoms with van der Waals surface area (Å²) in [5.41, 5.74) is 4.56. The molecule has 0 aliphatic carbocycles. The van der Waals surface area contributed by atoms with Gasteiger partial charge in [-0.15, -0.1) is 0 Å². The summed E-state index contributed by atoms with van der Waals surface area (Å²) in [6.45, 7) is 4.02. The highest BCUT2D eigenvalue weighted by Crippen LogP contribution is 2.30. The molecule has 2 aromatic carbocycles. The first-order valence-electron chi connectivity index (χ1n) is 10.7. The van der Waals surface area contributed by atoms with Crippen LogP contribution in [0.25, 0.3) is 11.1 Å². The predicted octanol–water partition coefficient (Wildman–Crippen LogP) is 3.65. The second-order valence-corrected chi connectivity index (χ2v) is 7.97. The van der Waals surface area contributed by atoms with Gasteiger partial charge in [0.25, 0.3) is 5.56 Å². The van der Waals surface area contributed by atoms with E-state index < -0.39 is 24.0 Å². The topological polar surface area (TPSA) is 97.6 Å². The van der Waals surface area contributed by atoms with Crippen LogP contribution in [0.3, 0.4) is 0 Å². The second kappa shape index (κ2) is 10.7. The Morgan fingerprint density at radius 2 is 1.73 bits per heavy atom. The van der Waals surface area contributed by atoms with Crippen molar-refractivity contribution < 1.29 is 19.4 Å². The number of benzene rings is 2. The van der Waals surface area contributed by atoms with Gasteiger partial charge in [0, 0.05) is 19.4 Å². The first-order chi connectivity index (χ1) is 15.8. The highest BCUT2D eigenvalue weighted by Gasteiger charge is 2.26. The number of methoxy groups -OCH3 is 1. The number of aromatic nitrogens is 1. The van der Waals surface area contributed by atoms with Gasteiger partial charge >= 0.3 is 5.97 Å². The van der Waals surface area contributed by atoms with Crippen molar-refractivity contribution in [3.63, 3.8) is 0 Å². The summed E-state index contributed by atoms with van der Waals surface area (Å²) in [4.78, 5) is 37.1. The van der Waals surface area contributed by atoms with Gasteiger partial charge in [0.05, 0.1) is 19.1 Å². The number of carboxylic acids is 1. The first kappa shape index (κ1) is 23.9. The normalized spacial score (nSPS) is 12.7. The molecule has 0 bridgehead atoms. The molecule has 3 rings (SSSR count). The molecule has 1 amide bonds.